The van der Waals surface area contributed by atoms with Crippen LogP contribution in [0.5, 0.6) is 0 Å². The van der Waals surface area contributed by atoms with Crippen molar-refractivity contribution >= 4 is 37.6 Å². The Hall–Kier alpha value is 0.697. The summed E-state index contributed by atoms with van der Waals surface area (Å²) in [5.41, 5.74) is 0. The van der Waals surface area contributed by atoms with E-state index in [1.165, 1.54) is 6.42 Å². The quantitative estimate of drug-likeness (QED) is 0.518. The Morgan fingerprint density at radius 3 is 2.10 bits per heavy atom. The molecule has 0 spiro atoms. The van der Waals surface area contributed by atoms with E-state index in [9.17, 15) is 0 Å². The zero-order chi connectivity index (χ0) is 6.91. The van der Waals surface area contributed by atoms with Crippen molar-refractivity contribution < 1.29 is 0 Å². The SMILES string of the molecule is C[Si](C)(C)C1=CC=CC1.[NaH]. The van der Waals surface area contributed by atoms with Gasteiger partial charge < -0.3 is 0 Å². The Kier molecular flexibility index (Phi) is 4.18. The van der Waals surface area contributed by atoms with Crippen molar-refractivity contribution in [3.8, 4) is 0 Å². The molecule has 0 aromatic carbocycles. The summed E-state index contributed by atoms with van der Waals surface area (Å²) in [6.45, 7) is 7.18. The second-order valence-electron chi connectivity index (χ2n) is 3.57. The molecular formula is C8H15NaSi. The minimum absolute atomic E-state index is 0. The Morgan fingerprint density at radius 2 is 1.90 bits per heavy atom. The van der Waals surface area contributed by atoms with Crippen molar-refractivity contribution in [3.05, 3.63) is 23.4 Å². The first kappa shape index (κ1) is 10.7. The Bertz CT molecular complexity index is 163. The van der Waals surface area contributed by atoms with Crippen molar-refractivity contribution in [1.82, 2.24) is 0 Å². The van der Waals surface area contributed by atoms with Crippen LogP contribution in [0.1, 0.15) is 6.42 Å². The molecule has 0 N–H and O–H groups in total. The van der Waals surface area contributed by atoms with Gasteiger partial charge in [0.1, 0.15) is 0 Å². The summed E-state index contributed by atoms with van der Waals surface area (Å²) in [7, 11) is -0.926. The van der Waals surface area contributed by atoms with Crippen LogP contribution in [-0.4, -0.2) is 37.6 Å². The summed E-state index contributed by atoms with van der Waals surface area (Å²) >= 11 is 0. The standard InChI is InChI=1S/C8H14Si.Na.H/c1-9(2,3)8-6-4-5-7-8;;/h4-6H,7H2,1-3H3;;. The van der Waals surface area contributed by atoms with Crippen molar-refractivity contribution in [1.29, 1.82) is 0 Å². The molecule has 0 fully saturated rings. The van der Waals surface area contributed by atoms with Crippen LogP contribution in [0.25, 0.3) is 0 Å². The molecular weight excluding hydrogens is 147 g/mol. The molecule has 0 aromatic heterocycles. The first-order valence-corrected chi connectivity index (χ1v) is 6.97. The van der Waals surface area contributed by atoms with E-state index in [0.29, 0.717) is 0 Å². The second-order valence-corrected chi connectivity index (χ2v) is 8.72. The van der Waals surface area contributed by atoms with Gasteiger partial charge in [-0.2, -0.15) is 0 Å². The molecule has 0 aromatic rings. The van der Waals surface area contributed by atoms with Crippen LogP contribution in [0, 0.1) is 0 Å². The Balaban J connectivity index is 0.000000810. The molecule has 0 amide bonds. The first-order chi connectivity index (χ1) is 4.11. The molecule has 2 heteroatoms. The van der Waals surface area contributed by atoms with Crippen LogP contribution < -0.4 is 0 Å². The van der Waals surface area contributed by atoms with Crippen LogP contribution in [0.2, 0.25) is 19.6 Å². The summed E-state index contributed by atoms with van der Waals surface area (Å²) in [4.78, 5) is 0. The number of hydrogen-bond acceptors (Lipinski definition) is 0. The average Bonchev–Trinajstić information content (AvgIpc) is 2.08. The molecule has 0 saturated heterocycles. The molecule has 1 rings (SSSR count). The van der Waals surface area contributed by atoms with Crippen LogP contribution in [0.4, 0.5) is 0 Å². The van der Waals surface area contributed by atoms with E-state index in [1.54, 1.807) is 5.20 Å². The van der Waals surface area contributed by atoms with Crippen LogP contribution >= 0.6 is 0 Å². The molecule has 52 valence electrons. The van der Waals surface area contributed by atoms with Crippen LogP contribution in [0.15, 0.2) is 23.4 Å². The van der Waals surface area contributed by atoms with E-state index in [1.807, 2.05) is 0 Å². The number of allylic oxidation sites excluding steroid dienone is 4. The first-order valence-electron chi connectivity index (χ1n) is 3.47. The fourth-order valence-electron chi connectivity index (χ4n) is 1.00. The van der Waals surface area contributed by atoms with Crippen LogP contribution in [0.3, 0.4) is 0 Å². The fourth-order valence-corrected chi connectivity index (χ4v) is 2.33. The van der Waals surface area contributed by atoms with E-state index >= 15 is 0 Å². The molecule has 0 radical (unpaired) electrons. The topological polar surface area (TPSA) is 0 Å². The van der Waals surface area contributed by atoms with Gasteiger partial charge in [-0.3, -0.25) is 0 Å². The molecule has 10 heavy (non-hydrogen) atoms. The summed E-state index contributed by atoms with van der Waals surface area (Å²) in [5.74, 6) is 0. The van der Waals surface area contributed by atoms with Gasteiger partial charge >= 0.3 is 29.6 Å². The number of hydrogen-bond donors (Lipinski definition) is 0. The molecule has 0 nitrogen and oxygen atoms in total. The van der Waals surface area contributed by atoms with Gasteiger partial charge in [-0.05, 0) is 6.42 Å². The van der Waals surface area contributed by atoms with Gasteiger partial charge in [-0.25, -0.2) is 0 Å². The number of rotatable bonds is 1. The third kappa shape index (κ3) is 2.75. The Labute approximate surface area is 86.7 Å². The van der Waals surface area contributed by atoms with Crippen molar-refractivity contribution in [2.75, 3.05) is 0 Å². The second kappa shape index (κ2) is 3.91. The summed E-state index contributed by atoms with van der Waals surface area (Å²) < 4.78 is 0. The zero-order valence-corrected chi connectivity index (χ0v) is 7.44. The molecule has 0 saturated carbocycles. The maximum atomic E-state index is 2.39. The van der Waals surface area contributed by atoms with E-state index < -0.39 is 8.07 Å². The van der Waals surface area contributed by atoms with Crippen molar-refractivity contribution in [3.63, 3.8) is 0 Å². The molecule has 0 bridgehead atoms. The van der Waals surface area contributed by atoms with Crippen LogP contribution in [-0.2, 0) is 0 Å². The summed E-state index contributed by atoms with van der Waals surface area (Å²) in [6.07, 6.45) is 7.92. The van der Waals surface area contributed by atoms with Gasteiger partial charge in [-0.15, -0.1) is 0 Å². The van der Waals surface area contributed by atoms with Gasteiger partial charge in [0.25, 0.3) is 0 Å². The minimum atomic E-state index is -0.926. The molecule has 1 aliphatic rings. The van der Waals surface area contributed by atoms with Gasteiger partial charge in [0.15, 0.2) is 0 Å². The predicted molar refractivity (Wildman–Crippen MR) is 52.3 cm³/mol. The normalized spacial score (nSPS) is 16.5. The zero-order valence-electron chi connectivity index (χ0n) is 6.44. The van der Waals surface area contributed by atoms with Crippen molar-refractivity contribution in [2.45, 2.75) is 26.1 Å². The molecule has 0 atom stereocenters. The molecule has 0 heterocycles. The third-order valence-corrected chi connectivity index (χ3v) is 4.03. The third-order valence-electron chi connectivity index (χ3n) is 1.73. The Morgan fingerprint density at radius 1 is 1.30 bits per heavy atom. The van der Waals surface area contributed by atoms with Gasteiger partial charge in [0, 0.05) is 0 Å². The monoisotopic (exact) mass is 162 g/mol. The molecule has 1 aliphatic carbocycles. The molecule has 0 aliphatic heterocycles. The van der Waals surface area contributed by atoms with Gasteiger partial charge in [0.05, 0.1) is 8.07 Å². The van der Waals surface area contributed by atoms with E-state index in [2.05, 4.69) is 37.9 Å². The van der Waals surface area contributed by atoms with E-state index in [0.717, 1.165) is 0 Å². The average molecular weight is 162 g/mol. The maximum absolute atomic E-state index is 2.39. The predicted octanol–water partition coefficient (Wildman–Crippen LogP) is 2.10. The van der Waals surface area contributed by atoms with Gasteiger partial charge in [0.2, 0.25) is 0 Å². The molecule has 0 unspecified atom stereocenters. The van der Waals surface area contributed by atoms with Gasteiger partial charge in [-0.1, -0.05) is 43.1 Å². The summed E-state index contributed by atoms with van der Waals surface area (Å²) in [6, 6.07) is 0. The fraction of sp³-hybridized carbons (Fsp3) is 0.500. The van der Waals surface area contributed by atoms with E-state index in [4.69, 9.17) is 0 Å². The van der Waals surface area contributed by atoms with E-state index in [-0.39, 0.29) is 29.6 Å². The van der Waals surface area contributed by atoms with Crippen molar-refractivity contribution in [2.24, 2.45) is 0 Å². The summed E-state index contributed by atoms with van der Waals surface area (Å²) in [5, 5.41) is 1.68.